The summed E-state index contributed by atoms with van der Waals surface area (Å²) in [6.07, 6.45) is -2.62. The molecular formula is C16H11F3N4O4. The van der Waals surface area contributed by atoms with Gasteiger partial charge in [0.25, 0.3) is 11.1 Å². The first-order chi connectivity index (χ1) is 12.7. The van der Waals surface area contributed by atoms with E-state index in [1.165, 1.54) is 6.07 Å². The van der Waals surface area contributed by atoms with Crippen LogP contribution in [0, 0.1) is 0 Å². The quantitative estimate of drug-likeness (QED) is 0.531. The Bertz CT molecular complexity index is 1150. The van der Waals surface area contributed by atoms with Gasteiger partial charge < -0.3 is 9.97 Å². The number of H-pyrrole nitrogens is 4. The second-order valence-corrected chi connectivity index (χ2v) is 5.61. The standard InChI is InChI=1S/C16H11F3N4O4/c17-16(18,19)8-3-1-2-7(4-8)11(9-5-20-14(26)22-12(9)24)10-6-21-15(27)23-13(10)25/h1-6,11H,(H2,20,22,24,26)(H2,21,23,25,27). The van der Waals surface area contributed by atoms with Crippen molar-refractivity contribution in [2.24, 2.45) is 0 Å². The lowest BCUT2D eigenvalue weighted by atomic mass is 9.87. The minimum Gasteiger partial charge on any atom is -0.314 e. The molecule has 3 rings (SSSR count). The van der Waals surface area contributed by atoms with Crippen LogP contribution in [0.3, 0.4) is 0 Å². The molecule has 0 amide bonds. The van der Waals surface area contributed by atoms with E-state index < -0.39 is 40.2 Å². The van der Waals surface area contributed by atoms with E-state index in [1.54, 1.807) is 0 Å². The zero-order valence-electron chi connectivity index (χ0n) is 13.3. The third-order valence-electron chi connectivity index (χ3n) is 3.87. The average Bonchev–Trinajstić information content (AvgIpc) is 2.58. The van der Waals surface area contributed by atoms with E-state index in [1.807, 2.05) is 9.97 Å². The number of aromatic nitrogens is 4. The molecule has 4 N–H and O–H groups in total. The first kappa shape index (κ1) is 18.2. The Labute approximate surface area is 146 Å². The van der Waals surface area contributed by atoms with Gasteiger partial charge in [-0.05, 0) is 11.6 Å². The highest BCUT2D eigenvalue weighted by Crippen LogP contribution is 2.33. The SMILES string of the molecule is O=c1[nH]cc(C(c2cccc(C(F)(F)F)c2)c2c[nH]c(=O)[nH]c2=O)c(=O)[nH]1. The first-order valence-electron chi connectivity index (χ1n) is 7.48. The number of aromatic amines is 4. The van der Waals surface area contributed by atoms with Crippen molar-refractivity contribution in [3.05, 3.63) is 101 Å². The van der Waals surface area contributed by atoms with E-state index >= 15 is 0 Å². The summed E-state index contributed by atoms with van der Waals surface area (Å²) >= 11 is 0. The predicted molar refractivity (Wildman–Crippen MR) is 87.8 cm³/mol. The van der Waals surface area contributed by atoms with Gasteiger partial charge in [-0.25, -0.2) is 9.59 Å². The van der Waals surface area contributed by atoms with E-state index in [2.05, 4.69) is 9.97 Å². The van der Waals surface area contributed by atoms with Crippen molar-refractivity contribution >= 4 is 0 Å². The maximum atomic E-state index is 13.1. The molecule has 0 fully saturated rings. The summed E-state index contributed by atoms with van der Waals surface area (Å²) in [5.74, 6) is -1.27. The van der Waals surface area contributed by atoms with Gasteiger partial charge in [0.1, 0.15) is 0 Å². The molecule has 3 aromatic rings. The summed E-state index contributed by atoms with van der Waals surface area (Å²) in [4.78, 5) is 55.3. The molecular weight excluding hydrogens is 369 g/mol. The second kappa shape index (κ2) is 6.59. The van der Waals surface area contributed by atoms with Gasteiger partial charge in [-0.1, -0.05) is 18.2 Å². The Kier molecular flexibility index (Phi) is 4.44. The average molecular weight is 380 g/mol. The van der Waals surface area contributed by atoms with Crippen LogP contribution in [0.1, 0.15) is 28.2 Å². The number of hydrogen-bond acceptors (Lipinski definition) is 4. The minimum absolute atomic E-state index is 0.0278. The van der Waals surface area contributed by atoms with Gasteiger partial charge in [-0.15, -0.1) is 0 Å². The molecule has 8 nitrogen and oxygen atoms in total. The molecule has 0 saturated heterocycles. The minimum atomic E-state index is -4.64. The maximum absolute atomic E-state index is 13.1. The van der Waals surface area contributed by atoms with Gasteiger partial charge >= 0.3 is 17.6 Å². The van der Waals surface area contributed by atoms with Crippen LogP contribution in [-0.2, 0) is 6.18 Å². The van der Waals surface area contributed by atoms with Crippen LogP contribution in [0.5, 0.6) is 0 Å². The maximum Gasteiger partial charge on any atom is 0.416 e. The number of benzene rings is 1. The Morgan fingerprint density at radius 3 is 1.78 bits per heavy atom. The highest BCUT2D eigenvalue weighted by Gasteiger charge is 2.32. The molecule has 0 aliphatic rings. The van der Waals surface area contributed by atoms with Crippen LogP contribution in [0.4, 0.5) is 13.2 Å². The largest absolute Gasteiger partial charge is 0.416 e. The van der Waals surface area contributed by atoms with Gasteiger partial charge in [0.05, 0.1) is 5.56 Å². The fourth-order valence-electron chi connectivity index (χ4n) is 2.69. The van der Waals surface area contributed by atoms with Gasteiger partial charge in [0.2, 0.25) is 0 Å². The summed E-state index contributed by atoms with van der Waals surface area (Å²) in [7, 11) is 0. The van der Waals surface area contributed by atoms with Crippen LogP contribution >= 0.6 is 0 Å². The van der Waals surface area contributed by atoms with Crippen molar-refractivity contribution in [2.45, 2.75) is 12.1 Å². The molecule has 0 saturated carbocycles. The number of halogens is 3. The lowest BCUT2D eigenvalue weighted by Crippen LogP contribution is -2.31. The molecule has 0 bridgehead atoms. The van der Waals surface area contributed by atoms with Crippen LogP contribution in [0.25, 0.3) is 0 Å². The van der Waals surface area contributed by atoms with Crippen molar-refractivity contribution in [1.82, 2.24) is 19.9 Å². The molecule has 0 aliphatic carbocycles. The fourth-order valence-corrected chi connectivity index (χ4v) is 2.69. The molecule has 1 aromatic carbocycles. The smallest absolute Gasteiger partial charge is 0.314 e. The van der Waals surface area contributed by atoms with Gasteiger partial charge in [-0.3, -0.25) is 19.6 Å². The lowest BCUT2D eigenvalue weighted by molar-refractivity contribution is -0.137. The summed E-state index contributed by atoms with van der Waals surface area (Å²) in [5, 5.41) is 0. The molecule has 2 heterocycles. The van der Waals surface area contributed by atoms with Crippen molar-refractivity contribution < 1.29 is 13.2 Å². The van der Waals surface area contributed by atoms with E-state index in [0.29, 0.717) is 0 Å². The van der Waals surface area contributed by atoms with Gasteiger partial charge in [0.15, 0.2) is 0 Å². The fraction of sp³-hybridized carbons (Fsp3) is 0.125. The molecule has 0 aliphatic heterocycles. The molecule has 11 heteroatoms. The Morgan fingerprint density at radius 2 is 1.33 bits per heavy atom. The van der Waals surface area contributed by atoms with Gasteiger partial charge in [0, 0.05) is 29.4 Å². The second-order valence-electron chi connectivity index (χ2n) is 5.61. The first-order valence-corrected chi connectivity index (χ1v) is 7.48. The molecule has 0 unspecified atom stereocenters. The molecule has 0 spiro atoms. The van der Waals surface area contributed by atoms with Crippen molar-refractivity contribution in [2.75, 3.05) is 0 Å². The zero-order valence-corrected chi connectivity index (χ0v) is 13.3. The van der Waals surface area contributed by atoms with Crippen LogP contribution in [0.15, 0.2) is 55.8 Å². The summed E-state index contributed by atoms with van der Waals surface area (Å²) < 4.78 is 39.2. The monoisotopic (exact) mass is 380 g/mol. The van der Waals surface area contributed by atoms with E-state index in [-0.39, 0.29) is 16.7 Å². The number of hydrogen-bond donors (Lipinski definition) is 4. The molecule has 2 aromatic heterocycles. The Balaban J connectivity index is 2.32. The highest BCUT2D eigenvalue weighted by molar-refractivity contribution is 5.41. The van der Waals surface area contributed by atoms with Crippen molar-refractivity contribution in [1.29, 1.82) is 0 Å². The highest BCUT2D eigenvalue weighted by atomic mass is 19.4. The van der Waals surface area contributed by atoms with Crippen LogP contribution in [0.2, 0.25) is 0 Å². The topological polar surface area (TPSA) is 131 Å². The summed E-state index contributed by atoms with van der Waals surface area (Å²) in [6.45, 7) is 0. The molecule has 27 heavy (non-hydrogen) atoms. The van der Waals surface area contributed by atoms with Gasteiger partial charge in [-0.2, -0.15) is 13.2 Å². The number of alkyl halides is 3. The van der Waals surface area contributed by atoms with Crippen molar-refractivity contribution in [3.8, 4) is 0 Å². The predicted octanol–water partition coefficient (Wildman–Crippen LogP) is 0.639. The van der Waals surface area contributed by atoms with Crippen LogP contribution < -0.4 is 22.5 Å². The third kappa shape index (κ3) is 3.66. The van der Waals surface area contributed by atoms with Crippen LogP contribution in [-0.4, -0.2) is 19.9 Å². The van der Waals surface area contributed by atoms with Crippen molar-refractivity contribution in [3.63, 3.8) is 0 Å². The van der Waals surface area contributed by atoms with E-state index in [4.69, 9.17) is 0 Å². The molecule has 0 radical (unpaired) electrons. The third-order valence-corrected chi connectivity index (χ3v) is 3.87. The van der Waals surface area contributed by atoms with E-state index in [9.17, 15) is 32.3 Å². The Morgan fingerprint density at radius 1 is 0.815 bits per heavy atom. The number of rotatable bonds is 3. The summed E-state index contributed by atoms with van der Waals surface area (Å²) in [5.41, 5.74) is -4.76. The Hall–Kier alpha value is -3.63. The number of nitrogens with one attached hydrogen (secondary N) is 4. The normalized spacial score (nSPS) is 11.7. The summed E-state index contributed by atoms with van der Waals surface area (Å²) in [6, 6.07) is 4.06. The lowest BCUT2D eigenvalue weighted by Gasteiger charge is -2.18. The van der Waals surface area contributed by atoms with E-state index in [0.717, 1.165) is 30.6 Å². The molecule has 140 valence electrons. The molecule has 0 atom stereocenters. The zero-order chi connectivity index (χ0) is 19.8.